The van der Waals surface area contributed by atoms with Gasteiger partial charge in [0.1, 0.15) is 0 Å². The van der Waals surface area contributed by atoms with Gasteiger partial charge in [-0.05, 0) is 6.42 Å². The Morgan fingerprint density at radius 1 is 1.19 bits per heavy atom. The van der Waals surface area contributed by atoms with E-state index >= 15 is 0 Å². The molecule has 0 bridgehead atoms. The Morgan fingerprint density at radius 3 is 2.31 bits per heavy atom. The molecule has 94 valence electrons. The molecule has 0 aromatic heterocycles. The number of hydrogen-bond acceptors (Lipinski definition) is 3. The number of ether oxygens (including phenoxy) is 1. The summed E-state index contributed by atoms with van der Waals surface area (Å²) in [6, 6.07) is 0. The van der Waals surface area contributed by atoms with Gasteiger partial charge in [0.05, 0.1) is 13.5 Å². The highest BCUT2D eigenvalue weighted by atomic mass is 16.5. The Labute approximate surface area is 97.5 Å². The second-order valence-corrected chi connectivity index (χ2v) is 4.08. The second-order valence-electron chi connectivity index (χ2n) is 4.08. The third kappa shape index (κ3) is 7.26. The zero-order chi connectivity index (χ0) is 12.4. The summed E-state index contributed by atoms with van der Waals surface area (Å²) < 4.78 is 4.53. The van der Waals surface area contributed by atoms with E-state index in [1.807, 2.05) is 0 Å². The van der Waals surface area contributed by atoms with Crippen LogP contribution in [-0.2, 0) is 14.3 Å². The summed E-state index contributed by atoms with van der Waals surface area (Å²) in [5.74, 6) is -1.13. The van der Waals surface area contributed by atoms with Gasteiger partial charge in [0.25, 0.3) is 0 Å². The molecule has 0 fully saturated rings. The largest absolute Gasteiger partial charge is 0.469 e. The first-order chi connectivity index (χ1) is 7.61. The first-order valence-electron chi connectivity index (χ1n) is 5.98. The smallest absolute Gasteiger partial charge is 0.306 e. The van der Waals surface area contributed by atoms with E-state index in [4.69, 9.17) is 5.73 Å². The number of carbonyl (C=O) groups excluding carboxylic acids is 2. The fourth-order valence-electron chi connectivity index (χ4n) is 1.62. The van der Waals surface area contributed by atoms with Crippen LogP contribution in [0.3, 0.4) is 0 Å². The number of primary amides is 1. The highest BCUT2D eigenvalue weighted by Crippen LogP contribution is 2.15. The summed E-state index contributed by atoms with van der Waals surface area (Å²) in [6.45, 7) is 2.16. The van der Waals surface area contributed by atoms with E-state index in [0.717, 1.165) is 12.8 Å². The molecule has 4 heteroatoms. The van der Waals surface area contributed by atoms with Crippen molar-refractivity contribution in [3.8, 4) is 0 Å². The molecule has 0 saturated heterocycles. The summed E-state index contributed by atoms with van der Waals surface area (Å²) in [6.07, 6.45) is 6.44. The molecule has 1 atom stereocenters. The third-order valence-corrected chi connectivity index (χ3v) is 2.70. The number of unbranched alkanes of at least 4 members (excludes halogenated alkanes) is 4. The highest BCUT2D eigenvalue weighted by Gasteiger charge is 2.19. The maximum Gasteiger partial charge on any atom is 0.306 e. The van der Waals surface area contributed by atoms with E-state index in [9.17, 15) is 9.59 Å². The lowest BCUT2D eigenvalue weighted by molar-refractivity contribution is -0.143. The molecule has 0 aliphatic heterocycles. The fraction of sp³-hybridized carbons (Fsp3) is 0.833. The van der Waals surface area contributed by atoms with Gasteiger partial charge in [-0.25, -0.2) is 0 Å². The Hall–Kier alpha value is -1.06. The fourth-order valence-corrected chi connectivity index (χ4v) is 1.62. The Kier molecular flexibility index (Phi) is 8.58. The zero-order valence-corrected chi connectivity index (χ0v) is 10.3. The standard InChI is InChI=1S/C12H23NO3/c1-3-4-5-6-7-8-10(12(13)15)9-11(14)16-2/h10H,3-9H2,1-2H3,(H2,13,15). The van der Waals surface area contributed by atoms with E-state index in [2.05, 4.69) is 11.7 Å². The van der Waals surface area contributed by atoms with Crippen LogP contribution >= 0.6 is 0 Å². The van der Waals surface area contributed by atoms with E-state index in [1.165, 1.54) is 26.4 Å². The number of esters is 1. The van der Waals surface area contributed by atoms with Crippen molar-refractivity contribution in [2.45, 2.75) is 51.9 Å². The van der Waals surface area contributed by atoms with Crippen LogP contribution in [0.15, 0.2) is 0 Å². The first kappa shape index (κ1) is 14.9. The number of methoxy groups -OCH3 is 1. The lowest BCUT2D eigenvalue weighted by Crippen LogP contribution is -2.26. The predicted octanol–water partition coefficient (Wildman–Crippen LogP) is 2.01. The molecule has 0 rings (SSSR count). The van der Waals surface area contributed by atoms with E-state index in [1.54, 1.807) is 0 Å². The average molecular weight is 229 g/mol. The topological polar surface area (TPSA) is 69.4 Å². The molecule has 1 unspecified atom stereocenters. The second kappa shape index (κ2) is 9.19. The molecule has 4 nitrogen and oxygen atoms in total. The zero-order valence-electron chi connectivity index (χ0n) is 10.3. The van der Waals surface area contributed by atoms with E-state index in [-0.39, 0.29) is 18.3 Å². The number of amides is 1. The van der Waals surface area contributed by atoms with Crippen LogP contribution in [0, 0.1) is 5.92 Å². The average Bonchev–Trinajstić information content (AvgIpc) is 2.26. The first-order valence-corrected chi connectivity index (χ1v) is 5.98. The SMILES string of the molecule is CCCCCCCC(CC(=O)OC)C(N)=O. The molecule has 0 saturated carbocycles. The third-order valence-electron chi connectivity index (χ3n) is 2.70. The molecule has 0 aromatic carbocycles. The Balaban J connectivity index is 3.77. The molecule has 16 heavy (non-hydrogen) atoms. The Morgan fingerprint density at radius 2 is 1.81 bits per heavy atom. The summed E-state index contributed by atoms with van der Waals surface area (Å²) in [7, 11) is 1.32. The van der Waals surface area contributed by atoms with Gasteiger partial charge in [0.2, 0.25) is 5.91 Å². The van der Waals surface area contributed by atoms with Gasteiger partial charge in [0.15, 0.2) is 0 Å². The van der Waals surface area contributed by atoms with Crippen molar-refractivity contribution >= 4 is 11.9 Å². The van der Waals surface area contributed by atoms with Gasteiger partial charge >= 0.3 is 5.97 Å². The quantitative estimate of drug-likeness (QED) is 0.485. The number of nitrogens with two attached hydrogens (primary N) is 1. The minimum absolute atomic E-state index is 0.111. The highest BCUT2D eigenvalue weighted by molar-refractivity contribution is 5.82. The molecule has 2 N–H and O–H groups in total. The minimum atomic E-state index is -0.402. The van der Waals surface area contributed by atoms with Gasteiger partial charge < -0.3 is 10.5 Å². The van der Waals surface area contributed by atoms with Crippen molar-refractivity contribution in [2.24, 2.45) is 11.7 Å². The molecule has 0 spiro atoms. The number of rotatable bonds is 9. The van der Waals surface area contributed by atoms with Crippen LogP contribution in [0.1, 0.15) is 51.9 Å². The molecule has 0 aromatic rings. The summed E-state index contributed by atoms with van der Waals surface area (Å²) in [4.78, 5) is 22.1. The van der Waals surface area contributed by atoms with E-state index < -0.39 is 5.91 Å². The molecule has 0 radical (unpaired) electrons. The van der Waals surface area contributed by atoms with Crippen LogP contribution < -0.4 is 5.73 Å². The molecular formula is C12H23NO3. The van der Waals surface area contributed by atoms with Crippen molar-refractivity contribution in [1.29, 1.82) is 0 Å². The maximum absolute atomic E-state index is 11.1. The van der Waals surface area contributed by atoms with Crippen molar-refractivity contribution in [3.05, 3.63) is 0 Å². The molecule has 1 amide bonds. The molecule has 0 aliphatic carbocycles. The monoisotopic (exact) mass is 229 g/mol. The van der Waals surface area contributed by atoms with Crippen molar-refractivity contribution in [3.63, 3.8) is 0 Å². The number of hydrogen-bond donors (Lipinski definition) is 1. The van der Waals surface area contributed by atoms with Crippen LogP contribution in [0.25, 0.3) is 0 Å². The Bertz CT molecular complexity index is 216. The molecule has 0 heterocycles. The van der Waals surface area contributed by atoms with Crippen LogP contribution in [0.2, 0.25) is 0 Å². The summed E-state index contributed by atoms with van der Waals surface area (Å²) >= 11 is 0. The van der Waals surface area contributed by atoms with Crippen molar-refractivity contribution < 1.29 is 14.3 Å². The lowest BCUT2D eigenvalue weighted by atomic mass is 9.97. The molecule has 0 aliphatic rings. The summed E-state index contributed by atoms with van der Waals surface area (Å²) in [5.41, 5.74) is 5.23. The minimum Gasteiger partial charge on any atom is -0.469 e. The van der Waals surface area contributed by atoms with Gasteiger partial charge in [-0.2, -0.15) is 0 Å². The van der Waals surface area contributed by atoms with Crippen LogP contribution in [-0.4, -0.2) is 19.0 Å². The number of carbonyl (C=O) groups is 2. The van der Waals surface area contributed by atoms with Crippen LogP contribution in [0.5, 0.6) is 0 Å². The molecular weight excluding hydrogens is 206 g/mol. The normalized spacial score (nSPS) is 12.1. The van der Waals surface area contributed by atoms with Crippen molar-refractivity contribution in [1.82, 2.24) is 0 Å². The van der Waals surface area contributed by atoms with Crippen LogP contribution in [0.4, 0.5) is 0 Å². The van der Waals surface area contributed by atoms with Gasteiger partial charge in [-0.15, -0.1) is 0 Å². The van der Waals surface area contributed by atoms with Crippen molar-refractivity contribution in [2.75, 3.05) is 7.11 Å². The van der Waals surface area contributed by atoms with Gasteiger partial charge in [-0.3, -0.25) is 9.59 Å². The van der Waals surface area contributed by atoms with E-state index in [0.29, 0.717) is 6.42 Å². The van der Waals surface area contributed by atoms with Gasteiger partial charge in [0, 0.05) is 5.92 Å². The summed E-state index contributed by atoms with van der Waals surface area (Å²) in [5, 5.41) is 0. The van der Waals surface area contributed by atoms with Gasteiger partial charge in [-0.1, -0.05) is 39.0 Å². The predicted molar refractivity (Wildman–Crippen MR) is 62.7 cm³/mol. The maximum atomic E-state index is 11.1. The lowest BCUT2D eigenvalue weighted by Gasteiger charge is -2.11.